The van der Waals surface area contributed by atoms with Crippen molar-refractivity contribution in [2.24, 2.45) is 5.41 Å². The van der Waals surface area contributed by atoms with Crippen LogP contribution in [-0.2, 0) is 6.54 Å². The maximum absolute atomic E-state index is 5.91. The minimum atomic E-state index is 0.349. The van der Waals surface area contributed by atoms with Crippen molar-refractivity contribution in [3.05, 3.63) is 23.2 Å². The Hall–Kier alpha value is -1.62. The highest BCUT2D eigenvalue weighted by molar-refractivity contribution is 6.33. The molecular formula is C12H14ClN5. The Morgan fingerprint density at radius 1 is 1.44 bits per heavy atom. The topological polar surface area (TPSA) is 69.6 Å². The lowest BCUT2D eigenvalue weighted by Gasteiger charge is -2.10. The third-order valence-electron chi connectivity index (χ3n) is 3.42. The van der Waals surface area contributed by atoms with Gasteiger partial charge >= 0.3 is 0 Å². The molecule has 0 radical (unpaired) electrons. The molecule has 3 rings (SSSR count). The number of nitrogen functional groups attached to an aromatic ring is 1. The van der Waals surface area contributed by atoms with Crippen LogP contribution in [0.5, 0.6) is 0 Å². The Kier molecular flexibility index (Phi) is 2.52. The number of benzene rings is 1. The summed E-state index contributed by atoms with van der Waals surface area (Å²) in [6.45, 7) is 3.09. The lowest BCUT2D eigenvalue weighted by molar-refractivity contribution is 0.427. The third kappa shape index (κ3) is 2.06. The second-order valence-electron chi connectivity index (χ2n) is 5.21. The zero-order valence-electron chi connectivity index (χ0n) is 10.1. The standard InChI is InChI=1S/C12H14ClN5/c1-12(4-5-12)7-18-11(15-16-17-18)8-2-3-9(13)10(14)6-8/h2-3,6H,4-5,7,14H2,1H3. The van der Waals surface area contributed by atoms with Crippen LogP contribution >= 0.6 is 11.6 Å². The first-order chi connectivity index (χ1) is 8.57. The molecule has 6 heteroatoms. The van der Waals surface area contributed by atoms with E-state index in [2.05, 4.69) is 22.4 Å². The van der Waals surface area contributed by atoms with Crippen molar-refractivity contribution in [3.8, 4) is 11.4 Å². The Labute approximate surface area is 110 Å². The lowest BCUT2D eigenvalue weighted by atomic mass is 10.1. The average Bonchev–Trinajstić information content (AvgIpc) is 2.88. The van der Waals surface area contributed by atoms with Gasteiger partial charge in [0.05, 0.1) is 17.3 Å². The van der Waals surface area contributed by atoms with Gasteiger partial charge in [-0.1, -0.05) is 18.5 Å². The van der Waals surface area contributed by atoms with E-state index in [-0.39, 0.29) is 0 Å². The van der Waals surface area contributed by atoms with Crippen molar-refractivity contribution < 1.29 is 0 Å². The van der Waals surface area contributed by atoms with Gasteiger partial charge in [-0.3, -0.25) is 0 Å². The first-order valence-corrected chi connectivity index (χ1v) is 6.27. The van der Waals surface area contributed by atoms with Crippen LogP contribution in [0, 0.1) is 5.41 Å². The molecule has 0 saturated heterocycles. The molecule has 0 atom stereocenters. The Balaban J connectivity index is 1.96. The molecule has 1 heterocycles. The fraction of sp³-hybridized carbons (Fsp3) is 0.417. The number of nitrogens with zero attached hydrogens (tertiary/aromatic N) is 4. The smallest absolute Gasteiger partial charge is 0.182 e. The molecular weight excluding hydrogens is 250 g/mol. The number of hydrogen-bond acceptors (Lipinski definition) is 4. The molecule has 0 spiro atoms. The zero-order valence-corrected chi connectivity index (χ0v) is 10.9. The maximum Gasteiger partial charge on any atom is 0.182 e. The van der Waals surface area contributed by atoms with Crippen LogP contribution in [0.4, 0.5) is 5.69 Å². The summed E-state index contributed by atoms with van der Waals surface area (Å²) in [6.07, 6.45) is 2.46. The van der Waals surface area contributed by atoms with Crippen LogP contribution in [0.2, 0.25) is 5.02 Å². The zero-order chi connectivity index (χ0) is 12.8. The highest BCUT2D eigenvalue weighted by Gasteiger charge is 2.38. The molecule has 1 saturated carbocycles. The third-order valence-corrected chi connectivity index (χ3v) is 3.77. The van der Waals surface area contributed by atoms with Crippen LogP contribution in [-0.4, -0.2) is 20.2 Å². The largest absolute Gasteiger partial charge is 0.398 e. The Morgan fingerprint density at radius 2 is 2.22 bits per heavy atom. The molecule has 0 bridgehead atoms. The summed E-state index contributed by atoms with van der Waals surface area (Å²) in [5.74, 6) is 0.742. The fourth-order valence-corrected chi connectivity index (χ4v) is 2.05. The maximum atomic E-state index is 5.91. The molecule has 5 nitrogen and oxygen atoms in total. The van der Waals surface area contributed by atoms with Gasteiger partial charge in [-0.15, -0.1) is 5.10 Å². The first-order valence-electron chi connectivity index (χ1n) is 5.89. The van der Waals surface area contributed by atoms with Gasteiger partial charge in [0.1, 0.15) is 0 Å². The Bertz CT molecular complexity index is 588. The normalized spacial score (nSPS) is 16.8. The summed E-state index contributed by atoms with van der Waals surface area (Å²) in [5, 5.41) is 12.4. The predicted molar refractivity (Wildman–Crippen MR) is 70.0 cm³/mol. The van der Waals surface area contributed by atoms with Crippen molar-refractivity contribution in [3.63, 3.8) is 0 Å². The molecule has 94 valence electrons. The minimum Gasteiger partial charge on any atom is -0.398 e. The van der Waals surface area contributed by atoms with Gasteiger partial charge in [0.25, 0.3) is 0 Å². The number of aromatic nitrogens is 4. The number of anilines is 1. The van der Waals surface area contributed by atoms with Crippen LogP contribution in [0.3, 0.4) is 0 Å². The molecule has 18 heavy (non-hydrogen) atoms. The Morgan fingerprint density at radius 3 is 2.89 bits per heavy atom. The highest BCUT2D eigenvalue weighted by Crippen LogP contribution is 2.46. The van der Waals surface area contributed by atoms with Crippen molar-refractivity contribution in [1.29, 1.82) is 0 Å². The number of hydrogen-bond donors (Lipinski definition) is 1. The molecule has 1 aliphatic carbocycles. The number of rotatable bonds is 3. The number of nitrogens with two attached hydrogens (primary N) is 1. The van der Waals surface area contributed by atoms with Crippen molar-refractivity contribution in [1.82, 2.24) is 20.2 Å². The molecule has 0 amide bonds. The summed E-state index contributed by atoms with van der Waals surface area (Å²) in [4.78, 5) is 0. The van der Waals surface area contributed by atoms with Gasteiger partial charge in [0.2, 0.25) is 0 Å². The SMILES string of the molecule is CC1(Cn2nnnc2-c2ccc(Cl)c(N)c2)CC1. The van der Waals surface area contributed by atoms with Crippen LogP contribution in [0.25, 0.3) is 11.4 Å². The van der Waals surface area contributed by atoms with Crippen molar-refractivity contribution >= 4 is 17.3 Å². The lowest BCUT2D eigenvalue weighted by Crippen LogP contribution is -2.11. The summed E-state index contributed by atoms with van der Waals surface area (Å²) in [5.41, 5.74) is 7.59. The second-order valence-corrected chi connectivity index (χ2v) is 5.61. The highest BCUT2D eigenvalue weighted by atomic mass is 35.5. The van der Waals surface area contributed by atoms with Crippen LogP contribution < -0.4 is 5.73 Å². The van der Waals surface area contributed by atoms with Crippen molar-refractivity contribution in [2.75, 3.05) is 5.73 Å². The number of halogens is 1. The summed E-state index contributed by atoms with van der Waals surface area (Å²) < 4.78 is 1.84. The van der Waals surface area contributed by atoms with Gasteiger partial charge in [-0.25, -0.2) is 4.68 Å². The molecule has 1 aliphatic rings. The monoisotopic (exact) mass is 263 g/mol. The van der Waals surface area contributed by atoms with Crippen molar-refractivity contribution in [2.45, 2.75) is 26.3 Å². The van der Waals surface area contributed by atoms with Gasteiger partial charge in [-0.2, -0.15) is 0 Å². The van der Waals surface area contributed by atoms with E-state index in [0.29, 0.717) is 16.1 Å². The van der Waals surface area contributed by atoms with Gasteiger partial charge in [0.15, 0.2) is 5.82 Å². The van der Waals surface area contributed by atoms with Crippen LogP contribution in [0.15, 0.2) is 18.2 Å². The molecule has 0 unspecified atom stereocenters. The molecule has 0 aliphatic heterocycles. The van der Waals surface area contributed by atoms with E-state index < -0.39 is 0 Å². The number of tetrazole rings is 1. The first kappa shape index (κ1) is 11.5. The molecule has 2 N–H and O–H groups in total. The van der Waals surface area contributed by atoms with E-state index >= 15 is 0 Å². The minimum absolute atomic E-state index is 0.349. The second kappa shape index (κ2) is 3.95. The summed E-state index contributed by atoms with van der Waals surface area (Å²) in [7, 11) is 0. The molecule has 1 aromatic carbocycles. The summed E-state index contributed by atoms with van der Waals surface area (Å²) in [6, 6.07) is 5.46. The molecule has 2 aromatic rings. The quantitative estimate of drug-likeness (QED) is 0.863. The van der Waals surface area contributed by atoms with E-state index in [9.17, 15) is 0 Å². The van der Waals surface area contributed by atoms with E-state index in [1.165, 1.54) is 12.8 Å². The van der Waals surface area contributed by atoms with Crippen LogP contribution in [0.1, 0.15) is 19.8 Å². The van der Waals surface area contributed by atoms with Gasteiger partial charge in [0, 0.05) is 5.56 Å². The van der Waals surface area contributed by atoms with E-state index in [1.54, 1.807) is 12.1 Å². The van der Waals surface area contributed by atoms with E-state index in [1.807, 2.05) is 10.7 Å². The predicted octanol–water partition coefficient (Wildman–Crippen LogP) is 2.38. The average molecular weight is 264 g/mol. The summed E-state index contributed by atoms with van der Waals surface area (Å²) >= 11 is 5.91. The van der Waals surface area contributed by atoms with E-state index in [4.69, 9.17) is 17.3 Å². The molecule has 1 aromatic heterocycles. The fourth-order valence-electron chi connectivity index (χ4n) is 1.93. The van der Waals surface area contributed by atoms with E-state index in [0.717, 1.165) is 17.9 Å². The molecule has 1 fully saturated rings. The van der Waals surface area contributed by atoms with Gasteiger partial charge < -0.3 is 5.73 Å². The van der Waals surface area contributed by atoms with Gasteiger partial charge in [-0.05, 0) is 46.9 Å².